The first kappa shape index (κ1) is 19.1. The second-order valence-corrected chi connectivity index (χ2v) is 7.37. The van der Waals surface area contributed by atoms with Crippen molar-refractivity contribution in [1.82, 2.24) is 15.1 Å². The molecule has 0 unspecified atom stereocenters. The Hall–Kier alpha value is -3.23. The van der Waals surface area contributed by atoms with Gasteiger partial charge in [-0.1, -0.05) is 0 Å². The molecule has 152 valence electrons. The number of nitro groups is 1. The molecule has 0 aliphatic carbocycles. The monoisotopic (exact) mass is 396 g/mol. The molecule has 9 nitrogen and oxygen atoms in total. The minimum Gasteiger partial charge on any atom is -0.370 e. The number of hydrogen-bond donors (Lipinski definition) is 0. The van der Waals surface area contributed by atoms with E-state index >= 15 is 0 Å². The normalized spacial score (nSPS) is 17.3. The largest absolute Gasteiger partial charge is 0.370 e. The second-order valence-electron chi connectivity index (χ2n) is 7.37. The smallest absolute Gasteiger partial charge is 0.282 e. The molecule has 3 heterocycles. The van der Waals surface area contributed by atoms with Crippen molar-refractivity contribution in [3.63, 3.8) is 0 Å². The van der Waals surface area contributed by atoms with E-state index in [1.807, 2.05) is 12.1 Å². The van der Waals surface area contributed by atoms with Gasteiger partial charge in [-0.3, -0.25) is 14.9 Å². The Kier molecular flexibility index (Phi) is 5.55. The summed E-state index contributed by atoms with van der Waals surface area (Å²) in [6.07, 6.45) is 4.47. The highest BCUT2D eigenvalue weighted by molar-refractivity contribution is 5.99. The minimum absolute atomic E-state index is 0.123. The molecule has 2 fully saturated rings. The molecule has 0 bridgehead atoms. The molecule has 0 saturated carbocycles. The summed E-state index contributed by atoms with van der Waals surface area (Å²) >= 11 is 0. The summed E-state index contributed by atoms with van der Waals surface area (Å²) in [7, 11) is 0. The van der Waals surface area contributed by atoms with E-state index in [-0.39, 0.29) is 17.2 Å². The fraction of sp³-hybridized carbons (Fsp3) is 0.450. The van der Waals surface area contributed by atoms with Crippen molar-refractivity contribution in [3.8, 4) is 0 Å². The van der Waals surface area contributed by atoms with Crippen LogP contribution in [0.5, 0.6) is 0 Å². The lowest BCUT2D eigenvalue weighted by Crippen LogP contribution is -2.32. The summed E-state index contributed by atoms with van der Waals surface area (Å²) in [5.41, 5.74) is 0.908. The number of nitro benzene ring substituents is 1. The first-order valence-electron chi connectivity index (χ1n) is 9.99. The standard InChI is InChI=1S/C20H24N6O3/c27-20(25-9-1-2-10-25)17-15-16(6-7-18(17)26(28)29)23-11-4-12-24(14-13-23)19-5-3-8-21-22-19/h3,5-8,15H,1-2,4,9-14H2. The highest BCUT2D eigenvalue weighted by atomic mass is 16.6. The maximum atomic E-state index is 12.9. The Balaban J connectivity index is 1.55. The van der Waals surface area contributed by atoms with Gasteiger partial charge < -0.3 is 14.7 Å². The molecular weight excluding hydrogens is 372 g/mol. The highest BCUT2D eigenvalue weighted by Gasteiger charge is 2.28. The lowest BCUT2D eigenvalue weighted by Gasteiger charge is -2.24. The zero-order valence-electron chi connectivity index (χ0n) is 16.2. The van der Waals surface area contributed by atoms with Crippen molar-refractivity contribution in [2.45, 2.75) is 19.3 Å². The van der Waals surface area contributed by atoms with E-state index in [0.29, 0.717) is 13.1 Å². The quantitative estimate of drug-likeness (QED) is 0.578. The molecule has 0 atom stereocenters. The number of amides is 1. The molecule has 0 N–H and O–H groups in total. The summed E-state index contributed by atoms with van der Waals surface area (Å²) in [5, 5.41) is 19.6. The summed E-state index contributed by atoms with van der Waals surface area (Å²) in [4.78, 5) is 30.0. The Bertz CT molecular complexity index is 885. The molecule has 9 heteroatoms. The highest BCUT2D eigenvalue weighted by Crippen LogP contribution is 2.28. The fourth-order valence-electron chi connectivity index (χ4n) is 4.01. The Labute approximate surface area is 169 Å². The number of benzene rings is 1. The molecule has 4 rings (SSSR count). The molecule has 1 aromatic heterocycles. The van der Waals surface area contributed by atoms with Gasteiger partial charge in [-0.2, -0.15) is 5.10 Å². The molecule has 2 aliphatic rings. The molecule has 1 aromatic carbocycles. The number of anilines is 2. The molecule has 2 aromatic rings. The number of likely N-dealkylation sites (tertiary alicyclic amines) is 1. The average molecular weight is 396 g/mol. The fourth-order valence-corrected chi connectivity index (χ4v) is 4.01. The number of rotatable bonds is 4. The number of carbonyl (C=O) groups is 1. The van der Waals surface area contributed by atoms with E-state index in [2.05, 4.69) is 20.0 Å². The predicted octanol–water partition coefficient (Wildman–Crippen LogP) is 2.34. The first-order chi connectivity index (χ1) is 14.1. The Morgan fingerprint density at radius 2 is 1.72 bits per heavy atom. The molecule has 29 heavy (non-hydrogen) atoms. The summed E-state index contributed by atoms with van der Waals surface area (Å²) < 4.78 is 0. The summed E-state index contributed by atoms with van der Waals surface area (Å²) in [6.45, 7) is 4.51. The second kappa shape index (κ2) is 8.42. The van der Waals surface area contributed by atoms with Crippen molar-refractivity contribution < 1.29 is 9.72 Å². The van der Waals surface area contributed by atoms with Crippen molar-refractivity contribution in [3.05, 3.63) is 52.2 Å². The number of carbonyl (C=O) groups excluding carboxylic acids is 1. The zero-order valence-corrected chi connectivity index (χ0v) is 16.2. The van der Waals surface area contributed by atoms with Crippen LogP contribution < -0.4 is 9.80 Å². The average Bonchev–Trinajstić information content (AvgIpc) is 3.18. The van der Waals surface area contributed by atoms with Gasteiger partial charge in [0.1, 0.15) is 5.56 Å². The van der Waals surface area contributed by atoms with Crippen LogP contribution in [-0.4, -0.2) is 65.2 Å². The van der Waals surface area contributed by atoms with Crippen molar-refractivity contribution in [2.75, 3.05) is 49.1 Å². The van der Waals surface area contributed by atoms with Gasteiger partial charge in [0.25, 0.3) is 11.6 Å². The van der Waals surface area contributed by atoms with Gasteiger partial charge in [-0.25, -0.2) is 0 Å². The van der Waals surface area contributed by atoms with Crippen molar-refractivity contribution >= 4 is 23.1 Å². The van der Waals surface area contributed by atoms with Crippen LogP contribution in [0.2, 0.25) is 0 Å². The van der Waals surface area contributed by atoms with Gasteiger partial charge >= 0.3 is 0 Å². The third kappa shape index (κ3) is 4.13. The molecule has 1 amide bonds. The van der Waals surface area contributed by atoms with Gasteiger partial charge in [0.2, 0.25) is 0 Å². The topological polar surface area (TPSA) is 95.7 Å². The number of aromatic nitrogens is 2. The summed E-state index contributed by atoms with van der Waals surface area (Å²) in [6, 6.07) is 8.72. The van der Waals surface area contributed by atoms with Crippen LogP contribution in [0.25, 0.3) is 0 Å². The van der Waals surface area contributed by atoms with Crippen molar-refractivity contribution in [2.24, 2.45) is 0 Å². The van der Waals surface area contributed by atoms with E-state index in [1.165, 1.54) is 6.07 Å². The van der Waals surface area contributed by atoms with Crippen LogP contribution in [-0.2, 0) is 0 Å². The van der Waals surface area contributed by atoms with Crippen LogP contribution in [0.1, 0.15) is 29.6 Å². The van der Waals surface area contributed by atoms with Crippen LogP contribution >= 0.6 is 0 Å². The molecule has 2 saturated heterocycles. The van der Waals surface area contributed by atoms with Crippen LogP contribution in [0.4, 0.5) is 17.2 Å². The number of hydrogen-bond acceptors (Lipinski definition) is 7. The maximum Gasteiger partial charge on any atom is 0.282 e. The lowest BCUT2D eigenvalue weighted by atomic mass is 10.1. The van der Waals surface area contributed by atoms with Crippen LogP contribution in [0.15, 0.2) is 36.5 Å². The van der Waals surface area contributed by atoms with E-state index in [0.717, 1.165) is 56.9 Å². The first-order valence-corrected chi connectivity index (χ1v) is 9.99. The van der Waals surface area contributed by atoms with E-state index in [4.69, 9.17) is 0 Å². The Morgan fingerprint density at radius 3 is 2.45 bits per heavy atom. The molecule has 0 radical (unpaired) electrons. The van der Waals surface area contributed by atoms with Crippen LogP contribution in [0.3, 0.4) is 0 Å². The van der Waals surface area contributed by atoms with Crippen molar-refractivity contribution in [1.29, 1.82) is 0 Å². The van der Waals surface area contributed by atoms with Gasteiger partial charge in [0, 0.05) is 57.2 Å². The summed E-state index contributed by atoms with van der Waals surface area (Å²) in [5.74, 6) is 0.606. The third-order valence-electron chi connectivity index (χ3n) is 5.54. The van der Waals surface area contributed by atoms with Gasteiger partial charge in [-0.15, -0.1) is 5.10 Å². The lowest BCUT2D eigenvalue weighted by molar-refractivity contribution is -0.385. The van der Waals surface area contributed by atoms with E-state index in [1.54, 1.807) is 23.2 Å². The predicted molar refractivity (Wildman–Crippen MR) is 109 cm³/mol. The molecule has 0 spiro atoms. The Morgan fingerprint density at radius 1 is 0.966 bits per heavy atom. The van der Waals surface area contributed by atoms with Gasteiger partial charge in [0.15, 0.2) is 5.82 Å². The maximum absolute atomic E-state index is 12.9. The third-order valence-corrected chi connectivity index (χ3v) is 5.54. The number of nitrogens with zero attached hydrogens (tertiary/aromatic N) is 6. The minimum atomic E-state index is -0.467. The van der Waals surface area contributed by atoms with Gasteiger partial charge in [0.05, 0.1) is 4.92 Å². The SMILES string of the molecule is O=C(c1cc(N2CCCN(c3cccnn3)CC2)ccc1[N+](=O)[O-])N1CCCC1. The van der Waals surface area contributed by atoms with Crippen LogP contribution in [0, 0.1) is 10.1 Å². The zero-order chi connectivity index (χ0) is 20.2. The molecule has 2 aliphatic heterocycles. The van der Waals surface area contributed by atoms with E-state index in [9.17, 15) is 14.9 Å². The molecular formula is C20H24N6O3. The van der Waals surface area contributed by atoms with Gasteiger partial charge in [-0.05, 0) is 43.5 Å². The van der Waals surface area contributed by atoms with E-state index < -0.39 is 4.92 Å².